The van der Waals surface area contributed by atoms with Gasteiger partial charge in [0, 0.05) is 39.8 Å². The Bertz CT molecular complexity index is 680. The van der Waals surface area contributed by atoms with Crippen LogP contribution in [0.25, 0.3) is 0 Å². The molecule has 0 saturated carbocycles. The summed E-state index contributed by atoms with van der Waals surface area (Å²) in [5, 5.41) is 9.26. The first kappa shape index (κ1) is 17.5. The van der Waals surface area contributed by atoms with Gasteiger partial charge in [-0.25, -0.2) is 9.18 Å². The lowest BCUT2D eigenvalue weighted by Crippen LogP contribution is -2.49. The van der Waals surface area contributed by atoms with Crippen LogP contribution in [0, 0.1) is 11.7 Å². The molecule has 3 saturated heterocycles. The number of aromatic hydroxyl groups is 1. The first-order valence-corrected chi connectivity index (χ1v) is 8.58. The number of halogens is 1. The normalized spacial score (nSPS) is 22.7. The summed E-state index contributed by atoms with van der Waals surface area (Å²) in [6.07, 6.45) is 2.00. The minimum atomic E-state index is -0.717. The van der Waals surface area contributed by atoms with E-state index in [4.69, 9.17) is 0 Å². The maximum Gasteiger partial charge on any atom is 0.319 e. The van der Waals surface area contributed by atoms with Gasteiger partial charge in [0.15, 0.2) is 11.6 Å². The first-order chi connectivity index (χ1) is 11.8. The average molecular weight is 349 g/mol. The number of nitrogens with zero attached hydrogens (tertiary/aromatic N) is 3. The molecule has 0 spiro atoms. The van der Waals surface area contributed by atoms with Gasteiger partial charge < -0.3 is 19.8 Å². The number of hydrogen-bond acceptors (Lipinski definition) is 3. The van der Waals surface area contributed by atoms with Crippen LogP contribution in [0.3, 0.4) is 0 Å². The van der Waals surface area contributed by atoms with E-state index in [1.165, 1.54) is 12.1 Å². The fourth-order valence-electron chi connectivity index (χ4n) is 3.76. The number of carbonyl (C=O) groups is 2. The monoisotopic (exact) mass is 349 g/mol. The van der Waals surface area contributed by atoms with Gasteiger partial charge in [0.05, 0.1) is 6.42 Å². The number of rotatable bonds is 2. The van der Waals surface area contributed by atoms with E-state index >= 15 is 0 Å². The standard InChI is InChI=1S/C18H24FN3O3/c1-20(2)18(25)21-9-13-3-5-14(11-21)22(10-13)17(24)8-12-4-6-16(23)15(19)7-12/h4,6-7,13-14,23H,3,5,8-11H2,1-2H3/t13-,14+/m0/s1. The third-order valence-corrected chi connectivity index (χ3v) is 5.05. The summed E-state index contributed by atoms with van der Waals surface area (Å²) < 4.78 is 13.5. The van der Waals surface area contributed by atoms with Gasteiger partial charge in [-0.2, -0.15) is 0 Å². The van der Waals surface area contributed by atoms with Gasteiger partial charge in [0.1, 0.15) is 0 Å². The predicted molar refractivity (Wildman–Crippen MR) is 90.6 cm³/mol. The number of hydrogen-bond donors (Lipinski definition) is 1. The van der Waals surface area contributed by atoms with E-state index in [2.05, 4.69) is 0 Å². The van der Waals surface area contributed by atoms with Gasteiger partial charge in [-0.15, -0.1) is 0 Å². The van der Waals surface area contributed by atoms with Crippen LogP contribution in [0.2, 0.25) is 0 Å². The van der Waals surface area contributed by atoms with Crippen molar-refractivity contribution in [2.24, 2.45) is 5.92 Å². The van der Waals surface area contributed by atoms with Crippen LogP contribution in [0.15, 0.2) is 18.2 Å². The number of carbonyl (C=O) groups excluding carboxylic acids is 2. The SMILES string of the molecule is CN(C)C(=O)N1C[C@@H]2CC[C@H](C1)N(C(=O)Cc1ccc(O)c(F)c1)C2. The van der Waals surface area contributed by atoms with E-state index in [1.54, 1.807) is 25.1 Å². The maximum atomic E-state index is 13.5. The Morgan fingerprint density at radius 2 is 2.00 bits per heavy atom. The van der Waals surface area contributed by atoms with Crippen molar-refractivity contribution in [3.05, 3.63) is 29.6 Å². The van der Waals surface area contributed by atoms with Crippen molar-refractivity contribution in [1.82, 2.24) is 14.7 Å². The molecule has 3 heterocycles. The molecular formula is C18H24FN3O3. The molecule has 6 nitrogen and oxygen atoms in total. The Morgan fingerprint density at radius 3 is 2.68 bits per heavy atom. The molecule has 3 aliphatic rings. The van der Waals surface area contributed by atoms with Crippen molar-refractivity contribution < 1.29 is 19.1 Å². The number of amides is 3. The minimum absolute atomic E-state index is 0.0112. The third kappa shape index (κ3) is 3.70. The van der Waals surface area contributed by atoms with Gasteiger partial charge >= 0.3 is 6.03 Å². The second kappa shape index (κ2) is 6.90. The molecule has 0 aliphatic carbocycles. The summed E-state index contributed by atoms with van der Waals surface area (Å²) in [5.74, 6) is -0.907. The lowest BCUT2D eigenvalue weighted by molar-refractivity contribution is -0.134. The number of phenols is 1. The topological polar surface area (TPSA) is 64.1 Å². The van der Waals surface area contributed by atoms with Crippen molar-refractivity contribution in [3.63, 3.8) is 0 Å². The van der Waals surface area contributed by atoms with E-state index in [9.17, 15) is 19.1 Å². The fraction of sp³-hybridized carbons (Fsp3) is 0.556. The molecule has 0 aromatic heterocycles. The molecule has 0 unspecified atom stereocenters. The summed E-state index contributed by atoms with van der Waals surface area (Å²) in [4.78, 5) is 30.3. The summed E-state index contributed by atoms with van der Waals surface area (Å²) in [7, 11) is 3.47. The number of phenolic OH excluding ortho intramolecular Hbond substituents is 1. The molecule has 3 aliphatic heterocycles. The van der Waals surface area contributed by atoms with Crippen LogP contribution < -0.4 is 0 Å². The van der Waals surface area contributed by atoms with E-state index in [-0.39, 0.29) is 30.3 Å². The lowest BCUT2D eigenvalue weighted by atomic mass is 9.94. The molecule has 1 N–H and O–H groups in total. The van der Waals surface area contributed by atoms with Gasteiger partial charge in [0.25, 0.3) is 0 Å². The zero-order valence-corrected chi connectivity index (χ0v) is 14.6. The molecule has 3 fully saturated rings. The highest BCUT2D eigenvalue weighted by Crippen LogP contribution is 2.29. The molecule has 1 aromatic rings. The number of piperidine rings is 1. The summed E-state index contributed by atoms with van der Waals surface area (Å²) in [5.41, 5.74) is 0.543. The molecule has 2 atom stereocenters. The summed E-state index contributed by atoms with van der Waals surface area (Å²) in [6.45, 7) is 1.86. The second-order valence-electron chi connectivity index (χ2n) is 7.19. The minimum Gasteiger partial charge on any atom is -0.505 e. The number of fused-ring (bicyclic) bond motifs is 4. The smallest absolute Gasteiger partial charge is 0.319 e. The quantitative estimate of drug-likeness (QED) is 0.884. The average Bonchev–Trinajstić information content (AvgIpc) is 2.89. The lowest BCUT2D eigenvalue weighted by Gasteiger charge is -2.36. The van der Waals surface area contributed by atoms with E-state index in [0.717, 1.165) is 12.8 Å². The third-order valence-electron chi connectivity index (χ3n) is 5.05. The van der Waals surface area contributed by atoms with Gasteiger partial charge in [-0.05, 0) is 36.5 Å². The van der Waals surface area contributed by atoms with Crippen molar-refractivity contribution in [1.29, 1.82) is 0 Å². The molecular weight excluding hydrogens is 325 g/mol. The van der Waals surface area contributed by atoms with Crippen LogP contribution in [0.4, 0.5) is 9.18 Å². The number of benzene rings is 1. The molecule has 136 valence electrons. The second-order valence-corrected chi connectivity index (χ2v) is 7.19. The van der Waals surface area contributed by atoms with Crippen molar-refractivity contribution >= 4 is 11.9 Å². The Morgan fingerprint density at radius 1 is 1.24 bits per heavy atom. The van der Waals surface area contributed by atoms with E-state index in [1.807, 2.05) is 9.80 Å². The Kier molecular flexibility index (Phi) is 4.83. The molecule has 0 radical (unpaired) electrons. The fourth-order valence-corrected chi connectivity index (χ4v) is 3.76. The van der Waals surface area contributed by atoms with Gasteiger partial charge in [-0.1, -0.05) is 6.07 Å². The van der Waals surface area contributed by atoms with Crippen molar-refractivity contribution in [3.8, 4) is 5.75 Å². The van der Waals surface area contributed by atoms with Crippen LogP contribution in [0.5, 0.6) is 5.75 Å². The molecule has 7 heteroatoms. The zero-order chi connectivity index (χ0) is 18.1. The molecule has 2 bridgehead atoms. The summed E-state index contributed by atoms with van der Waals surface area (Å²) in [6, 6.07) is 4.02. The van der Waals surface area contributed by atoms with Crippen molar-refractivity contribution in [2.75, 3.05) is 33.7 Å². The maximum absolute atomic E-state index is 13.5. The van der Waals surface area contributed by atoms with Crippen LogP contribution in [-0.4, -0.2) is 71.5 Å². The molecule has 3 amide bonds. The first-order valence-electron chi connectivity index (χ1n) is 8.58. The van der Waals surface area contributed by atoms with Crippen molar-refractivity contribution in [2.45, 2.75) is 25.3 Å². The van der Waals surface area contributed by atoms with Crippen LogP contribution in [0.1, 0.15) is 18.4 Å². The van der Waals surface area contributed by atoms with Crippen LogP contribution in [-0.2, 0) is 11.2 Å². The van der Waals surface area contributed by atoms with Gasteiger partial charge in [-0.3, -0.25) is 4.79 Å². The summed E-state index contributed by atoms with van der Waals surface area (Å²) >= 11 is 0. The Balaban J connectivity index is 1.71. The highest BCUT2D eigenvalue weighted by Gasteiger charge is 2.38. The van der Waals surface area contributed by atoms with Gasteiger partial charge in [0.2, 0.25) is 5.91 Å². The highest BCUT2D eigenvalue weighted by atomic mass is 19.1. The van der Waals surface area contributed by atoms with E-state index in [0.29, 0.717) is 25.2 Å². The van der Waals surface area contributed by atoms with Crippen LogP contribution >= 0.6 is 0 Å². The largest absolute Gasteiger partial charge is 0.505 e. The zero-order valence-electron chi connectivity index (χ0n) is 14.6. The molecule has 4 rings (SSSR count). The Labute approximate surface area is 146 Å². The molecule has 1 aromatic carbocycles. The number of urea groups is 1. The highest BCUT2D eigenvalue weighted by molar-refractivity contribution is 5.80. The Hall–Kier alpha value is -2.31. The van der Waals surface area contributed by atoms with E-state index < -0.39 is 11.6 Å². The molecule has 25 heavy (non-hydrogen) atoms. The predicted octanol–water partition coefficient (Wildman–Crippen LogP) is 1.68.